The molecule has 2 aromatic rings. The van der Waals surface area contributed by atoms with Gasteiger partial charge in [-0.25, -0.2) is 4.79 Å². The number of benzene rings is 1. The smallest absolute Gasteiger partial charge is 0.326 e. The minimum atomic E-state index is -1.11. The minimum Gasteiger partial charge on any atom is -0.480 e. The maximum absolute atomic E-state index is 13.7. The number of H-pyrrole nitrogens is 1. The van der Waals surface area contributed by atoms with E-state index in [2.05, 4.69) is 29.2 Å². The molecule has 2 amide bonds. The number of thioether (sulfide) groups is 1. The minimum absolute atomic E-state index is 0.000514. The van der Waals surface area contributed by atoms with Gasteiger partial charge in [0.1, 0.15) is 6.04 Å². The lowest BCUT2D eigenvalue weighted by Crippen LogP contribution is -2.47. The molecule has 2 N–H and O–H groups in total. The molecular weight excluding hydrogens is 484 g/mol. The lowest BCUT2D eigenvalue weighted by Gasteiger charge is -2.43. The molecule has 0 spiro atoms. The third-order valence-electron chi connectivity index (χ3n) is 8.49. The Morgan fingerprint density at radius 3 is 2.40 bits per heavy atom. The zero-order valence-corrected chi connectivity index (χ0v) is 21.4. The standard InChI is InChI=1S/C26H28N2O5S2/c1-10(2)8-15(25(31)32)28-23(29)18-13-9-14(19(18)24(28)30)20-17(13)16(12-6-4-11(3)5-7-12)21-22(34-20)27-26(33)35-21/h4-7,10,13-20H,8-9H2,1-3H3,(H,27,33)(H,31,32)/t13-,14+,15-,16+,17-,18+,19+,20-/m1/s1. The molecule has 9 heteroatoms. The Labute approximate surface area is 211 Å². The van der Waals surface area contributed by atoms with Crippen molar-refractivity contribution in [3.05, 3.63) is 49.9 Å². The van der Waals surface area contributed by atoms with Gasteiger partial charge in [-0.1, -0.05) is 55.0 Å². The van der Waals surface area contributed by atoms with E-state index in [1.165, 1.54) is 11.3 Å². The number of amides is 2. The summed E-state index contributed by atoms with van der Waals surface area (Å²) in [5.74, 6) is -2.50. The number of carboxylic acids is 1. The van der Waals surface area contributed by atoms with E-state index < -0.39 is 23.8 Å². The molecular formula is C26H28N2O5S2. The van der Waals surface area contributed by atoms with Gasteiger partial charge in [0.25, 0.3) is 0 Å². The van der Waals surface area contributed by atoms with Crippen LogP contribution in [0.2, 0.25) is 0 Å². The summed E-state index contributed by atoms with van der Waals surface area (Å²) in [6, 6.07) is 7.27. The summed E-state index contributed by atoms with van der Waals surface area (Å²) < 4.78 is 0. The number of aryl methyl sites for hydroxylation is 1. The SMILES string of the molecule is Cc1ccc([C@@H]2c3sc(=O)[nH]c3S[C@@H]3[C@H]4C[C@@H]([C@@H]5C(=O)N([C@H](CC(C)C)C(=O)O)C(=O)[C@@H]45)[C@H]23)cc1. The number of likely N-dealkylation sites (tertiary alicyclic amines) is 1. The lowest BCUT2D eigenvalue weighted by molar-refractivity contribution is -0.156. The fourth-order valence-electron chi connectivity index (χ4n) is 7.26. The number of rotatable bonds is 5. The lowest BCUT2D eigenvalue weighted by atomic mass is 9.68. The maximum Gasteiger partial charge on any atom is 0.326 e. The molecule has 3 heterocycles. The average Bonchev–Trinajstić information content (AvgIpc) is 3.52. The predicted octanol–water partition coefficient (Wildman–Crippen LogP) is 3.72. The first-order valence-corrected chi connectivity index (χ1v) is 13.9. The summed E-state index contributed by atoms with van der Waals surface area (Å²) in [5.41, 5.74) is 2.28. The number of aliphatic carboxylic acids is 1. The van der Waals surface area contributed by atoms with Gasteiger partial charge in [0, 0.05) is 16.0 Å². The van der Waals surface area contributed by atoms with Gasteiger partial charge in [0.05, 0.1) is 16.9 Å². The number of imide groups is 1. The van der Waals surface area contributed by atoms with Gasteiger partial charge in [-0.3, -0.25) is 19.3 Å². The van der Waals surface area contributed by atoms with Crippen LogP contribution in [0.15, 0.2) is 34.1 Å². The molecule has 4 aliphatic rings. The van der Waals surface area contributed by atoms with Crippen molar-refractivity contribution in [2.75, 3.05) is 0 Å². The van der Waals surface area contributed by atoms with Gasteiger partial charge < -0.3 is 10.1 Å². The first kappa shape index (κ1) is 23.0. The third-order valence-corrected chi connectivity index (χ3v) is 11.1. The van der Waals surface area contributed by atoms with Crippen molar-refractivity contribution in [2.24, 2.45) is 35.5 Å². The normalized spacial score (nSPS) is 33.7. The molecule has 2 saturated carbocycles. The summed E-state index contributed by atoms with van der Waals surface area (Å²) in [7, 11) is 0. The number of fused-ring (bicyclic) bond motifs is 9. The van der Waals surface area contributed by atoms with Crippen molar-refractivity contribution in [2.45, 2.75) is 55.8 Å². The predicted molar refractivity (Wildman–Crippen MR) is 132 cm³/mol. The van der Waals surface area contributed by atoms with Crippen LogP contribution < -0.4 is 4.87 Å². The molecule has 1 aromatic carbocycles. The zero-order chi connectivity index (χ0) is 24.8. The molecule has 6 rings (SSSR count). The molecule has 2 bridgehead atoms. The molecule has 0 unspecified atom stereocenters. The second kappa shape index (κ2) is 8.06. The van der Waals surface area contributed by atoms with Crippen molar-refractivity contribution in [3.63, 3.8) is 0 Å². The molecule has 2 aliphatic heterocycles. The van der Waals surface area contributed by atoms with E-state index >= 15 is 0 Å². The van der Waals surface area contributed by atoms with Crippen molar-refractivity contribution in [3.8, 4) is 0 Å². The summed E-state index contributed by atoms with van der Waals surface area (Å²) in [5, 5.41) is 10.9. The second-order valence-electron chi connectivity index (χ2n) is 10.9. The van der Waals surface area contributed by atoms with Crippen LogP contribution >= 0.6 is 23.1 Å². The largest absolute Gasteiger partial charge is 0.480 e. The molecule has 2 aliphatic carbocycles. The van der Waals surface area contributed by atoms with Crippen LogP contribution in [0.1, 0.15) is 48.6 Å². The van der Waals surface area contributed by atoms with Crippen LogP contribution in [-0.2, 0) is 14.4 Å². The highest BCUT2D eigenvalue weighted by atomic mass is 32.2. The summed E-state index contributed by atoms with van der Waals surface area (Å²) >= 11 is 2.89. The fraction of sp³-hybridized carbons (Fsp3) is 0.538. The number of aromatic amines is 1. The Morgan fingerprint density at radius 1 is 1.11 bits per heavy atom. The van der Waals surface area contributed by atoms with Gasteiger partial charge >= 0.3 is 10.8 Å². The van der Waals surface area contributed by atoms with Crippen LogP contribution in [0.25, 0.3) is 0 Å². The maximum atomic E-state index is 13.7. The number of carbonyl (C=O) groups excluding carboxylic acids is 2. The average molecular weight is 513 g/mol. The Bertz CT molecular complexity index is 1280. The fourth-order valence-corrected chi connectivity index (χ4v) is 10.1. The number of carbonyl (C=O) groups is 3. The molecule has 0 radical (unpaired) electrons. The molecule has 3 fully saturated rings. The molecule has 8 atom stereocenters. The van der Waals surface area contributed by atoms with E-state index in [1.54, 1.807) is 11.8 Å². The zero-order valence-electron chi connectivity index (χ0n) is 19.8. The van der Waals surface area contributed by atoms with Crippen molar-refractivity contribution in [1.29, 1.82) is 0 Å². The Hall–Kier alpha value is -2.39. The van der Waals surface area contributed by atoms with E-state index in [1.807, 2.05) is 20.8 Å². The van der Waals surface area contributed by atoms with E-state index in [0.717, 1.165) is 32.4 Å². The van der Waals surface area contributed by atoms with Crippen LogP contribution in [0.4, 0.5) is 0 Å². The quantitative estimate of drug-likeness (QED) is 0.592. The van der Waals surface area contributed by atoms with Crippen molar-refractivity contribution >= 4 is 40.9 Å². The molecule has 35 heavy (non-hydrogen) atoms. The van der Waals surface area contributed by atoms with Crippen LogP contribution in [0.5, 0.6) is 0 Å². The van der Waals surface area contributed by atoms with Crippen molar-refractivity contribution < 1.29 is 19.5 Å². The highest BCUT2D eigenvalue weighted by molar-refractivity contribution is 8.00. The molecule has 7 nitrogen and oxygen atoms in total. The molecule has 184 valence electrons. The molecule has 1 saturated heterocycles. The van der Waals surface area contributed by atoms with E-state index in [4.69, 9.17) is 0 Å². The van der Waals surface area contributed by atoms with Crippen LogP contribution in [-0.4, -0.2) is 44.1 Å². The van der Waals surface area contributed by atoms with Gasteiger partial charge in [-0.2, -0.15) is 0 Å². The van der Waals surface area contributed by atoms with Crippen LogP contribution in [0.3, 0.4) is 0 Å². The highest BCUT2D eigenvalue weighted by Crippen LogP contribution is 2.68. The number of nitrogens with one attached hydrogen (secondary N) is 1. The van der Waals surface area contributed by atoms with E-state index in [-0.39, 0.29) is 57.9 Å². The third kappa shape index (κ3) is 3.30. The number of thiazole rings is 1. The first-order valence-electron chi connectivity index (χ1n) is 12.2. The monoisotopic (exact) mass is 512 g/mol. The van der Waals surface area contributed by atoms with E-state index in [9.17, 15) is 24.3 Å². The van der Waals surface area contributed by atoms with E-state index in [0.29, 0.717) is 0 Å². The van der Waals surface area contributed by atoms with Gasteiger partial charge in [-0.15, -0.1) is 11.8 Å². The number of hydrogen-bond donors (Lipinski definition) is 2. The van der Waals surface area contributed by atoms with Gasteiger partial charge in [0.2, 0.25) is 11.8 Å². The van der Waals surface area contributed by atoms with Gasteiger partial charge in [0.15, 0.2) is 0 Å². The Morgan fingerprint density at radius 2 is 1.77 bits per heavy atom. The van der Waals surface area contributed by atoms with Crippen molar-refractivity contribution in [1.82, 2.24) is 9.88 Å². The topological polar surface area (TPSA) is 108 Å². The second-order valence-corrected chi connectivity index (χ2v) is 13.1. The summed E-state index contributed by atoms with van der Waals surface area (Å²) in [6.07, 6.45) is 1.06. The number of nitrogens with zero attached hydrogens (tertiary/aromatic N) is 1. The highest BCUT2D eigenvalue weighted by Gasteiger charge is 2.70. The Balaban J connectivity index is 1.42. The number of carboxylic acid groups (broad SMARTS) is 1. The molecule has 1 aromatic heterocycles. The summed E-state index contributed by atoms with van der Waals surface area (Å²) in [6.45, 7) is 5.85. The first-order chi connectivity index (χ1) is 16.7. The number of aromatic nitrogens is 1. The number of hydrogen-bond acceptors (Lipinski definition) is 6. The Kier molecular flexibility index (Phi) is 5.31. The summed E-state index contributed by atoms with van der Waals surface area (Å²) in [4.78, 5) is 56.8. The van der Waals surface area contributed by atoms with Gasteiger partial charge in [-0.05, 0) is 49.0 Å². The van der Waals surface area contributed by atoms with Crippen LogP contribution in [0, 0.1) is 42.4 Å².